The smallest absolute Gasteiger partial charge is 0.311 e. The SMILES string of the molecule is CCOC(=O)C1CC(=O)N(C(C)(C)C)C1.CCOC(=O)C1CC(=O)N(C(C)C)C1.CCOC(=O)C1CC(=O)N(C)C1.CCOC(=O)C1CC(=O)N(CCN(C)C)C1.CCOC(=O)C1CC(=O)N(CCO)C1.COC(=O)C1CC(=O)N(CC(C)(C)C)C1.COC(=O)C1CC(=O)N(CCC(C)C)C1. The molecule has 0 aromatic heterocycles. The van der Waals surface area contributed by atoms with Crippen molar-refractivity contribution in [1.82, 2.24) is 39.2 Å². The molecule has 0 aromatic carbocycles. The second kappa shape index (κ2) is 45.5. The van der Waals surface area contributed by atoms with Gasteiger partial charge in [0.2, 0.25) is 41.4 Å². The molecule has 7 amide bonds. The fraction of sp³-hybridized carbons (Fsp3) is 0.803. The van der Waals surface area contributed by atoms with Crippen molar-refractivity contribution < 1.29 is 105 Å². The number of hydrogen-bond donors (Lipinski definition) is 1. The summed E-state index contributed by atoms with van der Waals surface area (Å²) in [5.74, 6) is -3.01. The van der Waals surface area contributed by atoms with E-state index in [1.54, 1.807) is 71.1 Å². The number of esters is 7. The minimum Gasteiger partial charge on any atom is -0.469 e. The number of methoxy groups -OCH3 is 2. The summed E-state index contributed by atoms with van der Waals surface area (Å²) in [5.41, 5.74) is -0.140. The van der Waals surface area contributed by atoms with Crippen LogP contribution in [0.15, 0.2) is 0 Å². The van der Waals surface area contributed by atoms with Gasteiger partial charge in [-0.1, -0.05) is 34.6 Å². The lowest BCUT2D eigenvalue weighted by Crippen LogP contribution is -2.42. The molecule has 7 aliphatic heterocycles. The number of likely N-dealkylation sites (tertiary alicyclic amines) is 7. The lowest BCUT2D eigenvalue weighted by Gasteiger charge is -2.31. The maximum atomic E-state index is 11.7. The second-order valence-electron chi connectivity index (χ2n) is 28.8. The van der Waals surface area contributed by atoms with Crippen molar-refractivity contribution >= 4 is 83.1 Å². The Bertz CT molecular complexity index is 2730. The van der Waals surface area contributed by atoms with Crippen LogP contribution >= 0.6 is 0 Å². The minimum absolute atomic E-state index is 0.0213. The maximum absolute atomic E-state index is 11.7. The van der Waals surface area contributed by atoms with Gasteiger partial charge in [-0.2, -0.15) is 0 Å². The lowest BCUT2D eigenvalue weighted by atomic mass is 9.96. The number of aliphatic hydroxyl groups excluding tert-OH is 1. The normalized spacial score (nSPS) is 21.7. The van der Waals surface area contributed by atoms with Gasteiger partial charge in [0.25, 0.3) is 0 Å². The monoisotopic (exact) mass is 1440 g/mol. The molecule has 7 heterocycles. The Morgan fingerprint density at radius 1 is 0.436 bits per heavy atom. The van der Waals surface area contributed by atoms with Crippen LogP contribution in [-0.4, -0.2) is 293 Å². The van der Waals surface area contributed by atoms with E-state index < -0.39 is 0 Å². The van der Waals surface area contributed by atoms with Gasteiger partial charge < -0.3 is 77.5 Å². The molecule has 30 nitrogen and oxygen atoms in total. The zero-order valence-electron chi connectivity index (χ0n) is 64.2. The average molecular weight is 1440 g/mol. The van der Waals surface area contributed by atoms with E-state index in [1.165, 1.54) is 19.1 Å². The van der Waals surface area contributed by atoms with Crippen LogP contribution < -0.4 is 0 Å². The van der Waals surface area contributed by atoms with E-state index in [2.05, 4.69) is 44.1 Å². The van der Waals surface area contributed by atoms with E-state index >= 15 is 0 Å². The Kier molecular flexibility index (Phi) is 41.2. The van der Waals surface area contributed by atoms with Crippen LogP contribution in [0.5, 0.6) is 0 Å². The highest BCUT2D eigenvalue weighted by molar-refractivity contribution is 5.91. The lowest BCUT2D eigenvalue weighted by molar-refractivity contribution is -0.148. The van der Waals surface area contributed by atoms with Crippen molar-refractivity contribution in [2.75, 3.05) is 154 Å². The molecule has 7 fully saturated rings. The first-order chi connectivity index (χ1) is 47.2. The molecule has 0 saturated carbocycles. The van der Waals surface area contributed by atoms with Gasteiger partial charge >= 0.3 is 41.8 Å². The molecule has 101 heavy (non-hydrogen) atoms. The van der Waals surface area contributed by atoms with Crippen LogP contribution in [-0.2, 0) is 100 Å². The van der Waals surface area contributed by atoms with Crippen molar-refractivity contribution in [2.45, 2.75) is 167 Å². The fourth-order valence-electron chi connectivity index (χ4n) is 11.5. The van der Waals surface area contributed by atoms with Gasteiger partial charge in [-0.25, -0.2) is 0 Å². The van der Waals surface area contributed by atoms with E-state index in [4.69, 9.17) is 28.8 Å². The van der Waals surface area contributed by atoms with E-state index in [-0.39, 0.29) is 161 Å². The Hall–Kier alpha value is -7.50. The molecule has 0 spiro atoms. The quantitative estimate of drug-likeness (QED) is 0.120. The van der Waals surface area contributed by atoms with Gasteiger partial charge in [-0.3, -0.25) is 67.1 Å². The number of carbonyl (C=O) groups excluding carboxylic acids is 14. The number of β-amino-alcohol motifs (C(OH)–C–C–N with tert-alkyl or cyclic N) is 1. The van der Waals surface area contributed by atoms with Gasteiger partial charge in [-0.05, 0) is 101 Å². The number of rotatable bonds is 22. The summed E-state index contributed by atoms with van der Waals surface area (Å²) in [6.07, 6.45) is 2.99. The first-order valence-electron chi connectivity index (χ1n) is 35.4. The minimum atomic E-state index is -0.353. The molecular weight excluding hydrogens is 1320 g/mol. The molecule has 7 aliphatic rings. The topological polar surface area (TPSA) is 350 Å². The first kappa shape index (κ1) is 91.5. The zero-order valence-corrected chi connectivity index (χ0v) is 64.2. The number of ether oxygens (including phenoxy) is 7. The third-order valence-corrected chi connectivity index (χ3v) is 16.9. The van der Waals surface area contributed by atoms with Crippen molar-refractivity contribution in [2.24, 2.45) is 52.8 Å². The molecule has 0 radical (unpaired) electrons. The highest BCUT2D eigenvalue weighted by atomic mass is 16.6. The summed E-state index contributed by atoms with van der Waals surface area (Å²) >= 11 is 0. The van der Waals surface area contributed by atoms with Crippen molar-refractivity contribution in [1.29, 1.82) is 0 Å². The molecular formula is C71H122N8O22. The molecule has 0 aliphatic carbocycles. The van der Waals surface area contributed by atoms with Crippen LogP contribution in [0.25, 0.3) is 0 Å². The summed E-state index contributed by atoms with van der Waals surface area (Å²) in [6, 6.07) is 0.168. The molecule has 1 N–H and O–H groups in total. The summed E-state index contributed by atoms with van der Waals surface area (Å²) in [4.78, 5) is 173. The number of aliphatic hydroxyl groups is 1. The van der Waals surface area contributed by atoms with Gasteiger partial charge in [0, 0.05) is 142 Å². The Morgan fingerprint density at radius 2 is 0.752 bits per heavy atom. The van der Waals surface area contributed by atoms with E-state index in [9.17, 15) is 67.1 Å². The third kappa shape index (κ3) is 33.0. The van der Waals surface area contributed by atoms with E-state index in [1.807, 2.05) is 53.6 Å². The predicted octanol–water partition coefficient (Wildman–Crippen LogP) is 3.49. The first-order valence-corrected chi connectivity index (χ1v) is 35.4. The zero-order chi connectivity index (χ0) is 77.2. The number of hydrogen-bond acceptors (Lipinski definition) is 23. The Morgan fingerprint density at radius 3 is 1.06 bits per heavy atom. The largest absolute Gasteiger partial charge is 0.469 e. The van der Waals surface area contributed by atoms with Gasteiger partial charge in [0.15, 0.2) is 0 Å². The number of likely N-dealkylation sites (N-methyl/N-ethyl adjacent to an activating group) is 1. The van der Waals surface area contributed by atoms with Crippen LogP contribution in [0.1, 0.15) is 155 Å². The molecule has 30 heteroatoms. The second-order valence-corrected chi connectivity index (χ2v) is 28.8. The van der Waals surface area contributed by atoms with Crippen LogP contribution in [0.3, 0.4) is 0 Å². The molecule has 0 bridgehead atoms. The molecule has 578 valence electrons. The van der Waals surface area contributed by atoms with Gasteiger partial charge in [-0.15, -0.1) is 0 Å². The third-order valence-electron chi connectivity index (χ3n) is 16.9. The predicted molar refractivity (Wildman–Crippen MR) is 371 cm³/mol. The van der Waals surface area contributed by atoms with Crippen molar-refractivity contribution in [3.63, 3.8) is 0 Å². The standard InChI is InChI=1S/C11H20N2O3.3C11H19NO3.C10H17NO3.C9H15NO4.C8H13NO3/c1-4-16-11(15)9-7-10(14)13(8-9)6-5-12(2)3;1-11(2,3)7-12-6-8(5-9(12)13)10(14)15-4;1-8(2)4-5-12-7-9(6-10(12)13)11(14)15-3;1-5-15-10(14)8-6-9(13)12(7-8)11(2,3)4;1-4-14-10(13)8-5-9(12)11(6-8)7(2)3;1-2-14-9(13)7-5-8(12)10(6-7)3-4-11;1-3-12-8(11)6-4-7(10)9(2)5-6/h9H,4-8H2,1-3H3;8H,5-7H2,1-4H3;8-9H,4-7H2,1-3H3;8H,5-7H2,1-4H3;7-8H,4-6H2,1-3H3;7,11H,2-6H2,1H3;6H,3-5H2,1-2H3. The maximum Gasteiger partial charge on any atom is 0.311 e. The number of amides is 7. The Balaban J connectivity index is 0.000000590. The highest BCUT2D eigenvalue weighted by Gasteiger charge is 2.42. The van der Waals surface area contributed by atoms with E-state index in [0.29, 0.717) is 137 Å². The van der Waals surface area contributed by atoms with Crippen molar-refractivity contribution in [3.8, 4) is 0 Å². The van der Waals surface area contributed by atoms with Gasteiger partial charge in [0.1, 0.15) is 0 Å². The number of nitrogens with zero attached hydrogens (tertiary/aromatic N) is 8. The molecule has 7 saturated heterocycles. The Labute approximate surface area is 598 Å². The van der Waals surface area contributed by atoms with Gasteiger partial charge in [0.05, 0.1) is 95.3 Å². The van der Waals surface area contributed by atoms with Crippen LogP contribution in [0, 0.1) is 52.8 Å². The summed E-state index contributed by atoms with van der Waals surface area (Å²) in [6.45, 7) is 37.5. The molecule has 7 rings (SSSR count). The fourth-order valence-corrected chi connectivity index (χ4v) is 11.5. The average Bonchev–Trinajstić information content (AvgIpc) is 1.70. The van der Waals surface area contributed by atoms with Crippen molar-refractivity contribution in [3.05, 3.63) is 0 Å². The molecule has 7 unspecified atom stereocenters. The van der Waals surface area contributed by atoms with Crippen LogP contribution in [0.4, 0.5) is 0 Å². The summed E-state index contributed by atoms with van der Waals surface area (Å²) < 4.78 is 33.6. The summed E-state index contributed by atoms with van der Waals surface area (Å²) in [7, 11) is 8.34. The summed E-state index contributed by atoms with van der Waals surface area (Å²) in [5, 5.41) is 8.66. The highest BCUT2D eigenvalue weighted by Crippen LogP contribution is 2.28. The number of carbonyl (C=O) groups is 14. The molecule has 0 aromatic rings. The van der Waals surface area contributed by atoms with E-state index in [0.717, 1.165) is 19.5 Å². The molecule has 7 atom stereocenters. The van der Waals surface area contributed by atoms with Crippen LogP contribution in [0.2, 0.25) is 0 Å².